The molecule has 2 amide bonds. The molecule has 0 aliphatic rings. The van der Waals surface area contributed by atoms with Crippen LogP contribution in [0.3, 0.4) is 0 Å². The molecule has 0 saturated carbocycles. The van der Waals surface area contributed by atoms with E-state index in [0.29, 0.717) is 45.6 Å². The molecule has 29 heavy (non-hydrogen) atoms. The zero-order valence-corrected chi connectivity index (χ0v) is 18.8. The Bertz CT molecular complexity index is 438. The average Bonchev–Trinajstić information content (AvgIpc) is 2.67. The van der Waals surface area contributed by atoms with E-state index in [1.165, 1.54) is 0 Å². The van der Waals surface area contributed by atoms with Crippen molar-refractivity contribution in [2.45, 2.75) is 78.2 Å². The SMILES string of the molecule is CC/C=C/CCCC(=O)NCCN(CCNC(=O)CCC/C=C/CC)CC(C)O. The highest BCUT2D eigenvalue weighted by Crippen LogP contribution is 1.99. The van der Waals surface area contributed by atoms with Crippen LogP contribution >= 0.6 is 0 Å². The van der Waals surface area contributed by atoms with Crippen molar-refractivity contribution >= 4 is 11.8 Å². The van der Waals surface area contributed by atoms with Crippen LogP contribution in [0.1, 0.15) is 72.1 Å². The van der Waals surface area contributed by atoms with Gasteiger partial charge in [-0.05, 0) is 45.4 Å². The third-order valence-electron chi connectivity index (χ3n) is 4.38. The molecule has 0 aromatic heterocycles. The zero-order chi connectivity index (χ0) is 21.7. The number of carbonyl (C=O) groups is 2. The van der Waals surface area contributed by atoms with Gasteiger partial charge in [-0.15, -0.1) is 0 Å². The Labute approximate surface area is 177 Å². The topological polar surface area (TPSA) is 81.7 Å². The van der Waals surface area contributed by atoms with Crippen LogP contribution in [0, 0.1) is 0 Å². The van der Waals surface area contributed by atoms with E-state index in [1.807, 2.05) is 0 Å². The third-order valence-corrected chi connectivity index (χ3v) is 4.38. The molecule has 0 aliphatic carbocycles. The Morgan fingerprint density at radius 2 is 1.31 bits per heavy atom. The summed E-state index contributed by atoms with van der Waals surface area (Å²) in [6.07, 6.45) is 14.8. The molecular formula is C23H43N3O3. The maximum atomic E-state index is 11.9. The standard InChI is InChI=1S/C23H43N3O3/c1-4-6-8-10-12-14-22(28)24-16-18-26(20-21(3)27)19-17-25-23(29)15-13-11-9-7-5-2/h6-9,21,27H,4-5,10-20H2,1-3H3,(H,24,28)(H,25,29)/b8-6+,9-7+. The van der Waals surface area contributed by atoms with Crippen LogP contribution in [0.5, 0.6) is 0 Å². The van der Waals surface area contributed by atoms with Gasteiger partial charge in [0.15, 0.2) is 0 Å². The van der Waals surface area contributed by atoms with Crippen molar-refractivity contribution in [1.82, 2.24) is 15.5 Å². The van der Waals surface area contributed by atoms with E-state index < -0.39 is 6.10 Å². The summed E-state index contributed by atoms with van der Waals surface area (Å²) in [7, 11) is 0. The minimum absolute atomic E-state index is 0.0670. The number of hydrogen-bond donors (Lipinski definition) is 3. The lowest BCUT2D eigenvalue weighted by molar-refractivity contribution is -0.121. The summed E-state index contributed by atoms with van der Waals surface area (Å²) in [5, 5.41) is 15.6. The number of nitrogens with zero attached hydrogens (tertiary/aromatic N) is 1. The molecule has 0 fully saturated rings. The molecule has 0 aromatic carbocycles. The van der Waals surface area contributed by atoms with Gasteiger partial charge in [0.2, 0.25) is 11.8 Å². The van der Waals surface area contributed by atoms with Crippen LogP contribution in [-0.4, -0.2) is 60.6 Å². The highest BCUT2D eigenvalue weighted by atomic mass is 16.3. The first-order valence-electron chi connectivity index (χ1n) is 11.2. The molecule has 168 valence electrons. The Morgan fingerprint density at radius 3 is 1.69 bits per heavy atom. The first-order valence-corrected chi connectivity index (χ1v) is 11.2. The van der Waals surface area contributed by atoms with E-state index in [-0.39, 0.29) is 11.8 Å². The molecule has 0 rings (SSSR count). The Kier molecular flexibility index (Phi) is 18.5. The molecule has 0 heterocycles. The summed E-state index contributed by atoms with van der Waals surface area (Å²) in [6.45, 7) is 8.88. The Balaban J connectivity index is 3.98. The summed E-state index contributed by atoms with van der Waals surface area (Å²) < 4.78 is 0. The van der Waals surface area contributed by atoms with Gasteiger partial charge in [-0.1, -0.05) is 38.2 Å². The van der Waals surface area contributed by atoms with E-state index >= 15 is 0 Å². The fourth-order valence-corrected chi connectivity index (χ4v) is 2.88. The zero-order valence-electron chi connectivity index (χ0n) is 18.8. The lowest BCUT2D eigenvalue weighted by Gasteiger charge is -2.24. The summed E-state index contributed by atoms with van der Waals surface area (Å²) in [6, 6.07) is 0. The van der Waals surface area contributed by atoms with Crippen molar-refractivity contribution < 1.29 is 14.7 Å². The molecule has 6 heteroatoms. The number of rotatable bonds is 18. The summed E-state index contributed by atoms with van der Waals surface area (Å²) in [4.78, 5) is 25.8. The molecule has 0 aromatic rings. The van der Waals surface area contributed by atoms with Gasteiger partial charge in [-0.25, -0.2) is 0 Å². The molecule has 0 radical (unpaired) electrons. The first-order chi connectivity index (χ1) is 14.0. The lowest BCUT2D eigenvalue weighted by atomic mass is 10.2. The number of hydrogen-bond acceptors (Lipinski definition) is 4. The maximum Gasteiger partial charge on any atom is 0.220 e. The minimum Gasteiger partial charge on any atom is -0.392 e. The predicted octanol–water partition coefficient (Wildman–Crippen LogP) is 3.17. The summed E-state index contributed by atoms with van der Waals surface area (Å²) in [5.41, 5.74) is 0. The smallest absolute Gasteiger partial charge is 0.220 e. The van der Waals surface area contributed by atoms with E-state index in [4.69, 9.17) is 0 Å². The average molecular weight is 410 g/mol. The second-order valence-corrected chi connectivity index (χ2v) is 7.39. The number of aliphatic hydroxyl groups is 1. The van der Waals surface area contributed by atoms with Crippen LogP contribution in [0.4, 0.5) is 0 Å². The number of allylic oxidation sites excluding steroid dienone is 4. The van der Waals surface area contributed by atoms with Crippen molar-refractivity contribution in [2.24, 2.45) is 0 Å². The monoisotopic (exact) mass is 409 g/mol. The largest absolute Gasteiger partial charge is 0.392 e. The van der Waals surface area contributed by atoms with Crippen molar-refractivity contribution in [1.29, 1.82) is 0 Å². The summed E-state index contributed by atoms with van der Waals surface area (Å²) in [5.74, 6) is 0.134. The molecule has 3 N–H and O–H groups in total. The quantitative estimate of drug-likeness (QED) is 0.240. The molecule has 1 atom stereocenters. The number of carbonyl (C=O) groups excluding carboxylic acids is 2. The number of unbranched alkanes of at least 4 members (excludes halogenated alkanes) is 2. The molecule has 0 saturated heterocycles. The van der Waals surface area contributed by atoms with Crippen molar-refractivity contribution in [2.75, 3.05) is 32.7 Å². The van der Waals surface area contributed by atoms with Gasteiger partial charge >= 0.3 is 0 Å². The van der Waals surface area contributed by atoms with Gasteiger partial charge in [0.25, 0.3) is 0 Å². The van der Waals surface area contributed by atoms with Gasteiger partial charge in [-0.3, -0.25) is 14.5 Å². The van der Waals surface area contributed by atoms with Crippen LogP contribution in [0.15, 0.2) is 24.3 Å². The predicted molar refractivity (Wildman–Crippen MR) is 121 cm³/mol. The fourth-order valence-electron chi connectivity index (χ4n) is 2.88. The van der Waals surface area contributed by atoms with Gasteiger partial charge in [0.05, 0.1) is 6.10 Å². The van der Waals surface area contributed by atoms with Crippen LogP contribution < -0.4 is 10.6 Å². The number of aliphatic hydroxyl groups excluding tert-OH is 1. The van der Waals surface area contributed by atoms with E-state index in [1.54, 1.807) is 6.92 Å². The highest BCUT2D eigenvalue weighted by molar-refractivity contribution is 5.76. The Morgan fingerprint density at radius 1 is 0.862 bits per heavy atom. The van der Waals surface area contributed by atoms with Gasteiger partial charge in [0.1, 0.15) is 0 Å². The van der Waals surface area contributed by atoms with E-state index in [0.717, 1.165) is 38.5 Å². The highest BCUT2D eigenvalue weighted by Gasteiger charge is 2.10. The van der Waals surface area contributed by atoms with Crippen LogP contribution in [0.25, 0.3) is 0 Å². The van der Waals surface area contributed by atoms with Gasteiger partial charge in [0, 0.05) is 45.6 Å². The number of nitrogens with one attached hydrogen (secondary N) is 2. The molecule has 1 unspecified atom stereocenters. The van der Waals surface area contributed by atoms with Crippen molar-refractivity contribution in [3.63, 3.8) is 0 Å². The molecule has 6 nitrogen and oxygen atoms in total. The number of amides is 2. The van der Waals surface area contributed by atoms with Crippen LogP contribution in [0.2, 0.25) is 0 Å². The van der Waals surface area contributed by atoms with Gasteiger partial charge in [-0.2, -0.15) is 0 Å². The Hall–Kier alpha value is -1.66. The lowest BCUT2D eigenvalue weighted by Crippen LogP contribution is -2.42. The normalized spacial score (nSPS) is 12.7. The van der Waals surface area contributed by atoms with E-state index in [2.05, 4.69) is 53.7 Å². The van der Waals surface area contributed by atoms with Crippen LogP contribution in [-0.2, 0) is 9.59 Å². The van der Waals surface area contributed by atoms with Gasteiger partial charge < -0.3 is 15.7 Å². The van der Waals surface area contributed by atoms with Crippen molar-refractivity contribution in [3.05, 3.63) is 24.3 Å². The third kappa shape index (κ3) is 19.4. The van der Waals surface area contributed by atoms with Crippen molar-refractivity contribution in [3.8, 4) is 0 Å². The second-order valence-electron chi connectivity index (χ2n) is 7.39. The fraction of sp³-hybridized carbons (Fsp3) is 0.739. The second kappa shape index (κ2) is 19.6. The molecule has 0 aliphatic heterocycles. The maximum absolute atomic E-state index is 11.9. The first kappa shape index (κ1) is 27.3. The molecule has 0 spiro atoms. The molecule has 0 bridgehead atoms. The summed E-state index contributed by atoms with van der Waals surface area (Å²) >= 11 is 0. The minimum atomic E-state index is -0.447. The molecular weight excluding hydrogens is 366 g/mol. The van der Waals surface area contributed by atoms with E-state index in [9.17, 15) is 14.7 Å².